The summed E-state index contributed by atoms with van der Waals surface area (Å²) in [4.78, 5) is 23.1. The van der Waals surface area contributed by atoms with Gasteiger partial charge in [0.05, 0.1) is 11.1 Å². The number of aryl methyl sites for hydroxylation is 1. The second-order valence-corrected chi connectivity index (χ2v) is 4.72. The molecule has 1 amide bonds. The summed E-state index contributed by atoms with van der Waals surface area (Å²) in [6.07, 6.45) is 0. The first-order valence-corrected chi connectivity index (χ1v) is 6.30. The van der Waals surface area contributed by atoms with Gasteiger partial charge in [-0.15, -0.1) is 0 Å². The third-order valence-corrected chi connectivity index (χ3v) is 3.18. The van der Waals surface area contributed by atoms with E-state index in [0.717, 1.165) is 0 Å². The van der Waals surface area contributed by atoms with Crippen molar-refractivity contribution >= 4 is 17.6 Å². The number of anilines is 1. The number of halogens is 1. The largest absolute Gasteiger partial charge is 0.478 e. The molecular formula is C16H14FNO3. The van der Waals surface area contributed by atoms with Crippen LogP contribution in [0.5, 0.6) is 0 Å². The Morgan fingerprint density at radius 2 is 1.81 bits per heavy atom. The van der Waals surface area contributed by atoms with Crippen LogP contribution in [0.2, 0.25) is 0 Å². The molecule has 21 heavy (non-hydrogen) atoms. The first-order chi connectivity index (χ1) is 9.90. The van der Waals surface area contributed by atoms with Crippen LogP contribution < -0.4 is 5.32 Å². The molecule has 0 fully saturated rings. The molecule has 0 aliphatic carbocycles. The first-order valence-electron chi connectivity index (χ1n) is 6.30. The van der Waals surface area contributed by atoms with Gasteiger partial charge in [0.25, 0.3) is 5.91 Å². The molecule has 0 aliphatic heterocycles. The number of hydrogen-bond acceptors (Lipinski definition) is 2. The lowest BCUT2D eigenvalue weighted by Gasteiger charge is -2.11. The number of carbonyl (C=O) groups excluding carboxylic acids is 1. The van der Waals surface area contributed by atoms with Crippen molar-refractivity contribution in [3.05, 3.63) is 64.5 Å². The quantitative estimate of drug-likeness (QED) is 0.909. The normalized spacial score (nSPS) is 10.2. The van der Waals surface area contributed by atoms with Crippen LogP contribution in [0.15, 0.2) is 36.4 Å². The zero-order valence-corrected chi connectivity index (χ0v) is 11.6. The lowest BCUT2D eigenvalue weighted by atomic mass is 10.1. The number of carbonyl (C=O) groups is 2. The van der Waals surface area contributed by atoms with Gasteiger partial charge in [-0.25, -0.2) is 9.18 Å². The number of hydrogen-bond donors (Lipinski definition) is 2. The van der Waals surface area contributed by atoms with Crippen LogP contribution >= 0.6 is 0 Å². The highest BCUT2D eigenvalue weighted by atomic mass is 19.1. The molecule has 0 unspecified atom stereocenters. The van der Waals surface area contributed by atoms with Crippen molar-refractivity contribution < 1.29 is 19.1 Å². The van der Waals surface area contributed by atoms with Gasteiger partial charge in [-0.1, -0.05) is 12.1 Å². The van der Waals surface area contributed by atoms with E-state index in [-0.39, 0.29) is 11.1 Å². The molecular weight excluding hydrogens is 273 g/mol. The van der Waals surface area contributed by atoms with Gasteiger partial charge < -0.3 is 10.4 Å². The van der Waals surface area contributed by atoms with Gasteiger partial charge in [0, 0.05) is 5.69 Å². The SMILES string of the molecule is Cc1ccc(C(=O)Nc2cccc(C(=O)O)c2C)c(F)c1. The zero-order valence-electron chi connectivity index (χ0n) is 11.6. The van der Waals surface area contributed by atoms with E-state index in [9.17, 15) is 14.0 Å². The second-order valence-electron chi connectivity index (χ2n) is 4.72. The smallest absolute Gasteiger partial charge is 0.336 e. The Morgan fingerprint density at radius 1 is 1.10 bits per heavy atom. The summed E-state index contributed by atoms with van der Waals surface area (Å²) in [7, 11) is 0. The van der Waals surface area contributed by atoms with Gasteiger partial charge in [-0.2, -0.15) is 0 Å². The maximum atomic E-state index is 13.8. The summed E-state index contributed by atoms with van der Waals surface area (Å²) in [6, 6.07) is 8.85. The molecule has 0 atom stereocenters. The highest BCUT2D eigenvalue weighted by molar-refractivity contribution is 6.05. The molecule has 4 nitrogen and oxygen atoms in total. The third kappa shape index (κ3) is 3.08. The van der Waals surface area contributed by atoms with Gasteiger partial charge in [-0.3, -0.25) is 4.79 Å². The molecule has 2 rings (SSSR count). The van der Waals surface area contributed by atoms with Crippen molar-refractivity contribution in [2.24, 2.45) is 0 Å². The Kier molecular flexibility index (Phi) is 4.03. The average molecular weight is 287 g/mol. The zero-order chi connectivity index (χ0) is 15.6. The Balaban J connectivity index is 2.32. The molecule has 0 aliphatic rings. The lowest BCUT2D eigenvalue weighted by molar-refractivity contribution is 0.0695. The molecule has 5 heteroatoms. The minimum atomic E-state index is -1.08. The molecule has 2 aromatic carbocycles. The molecule has 0 bridgehead atoms. The van der Waals surface area contributed by atoms with Gasteiger partial charge >= 0.3 is 5.97 Å². The van der Waals surface area contributed by atoms with Crippen LogP contribution in [0, 0.1) is 19.7 Å². The molecule has 0 radical (unpaired) electrons. The number of carboxylic acids is 1. The highest BCUT2D eigenvalue weighted by Crippen LogP contribution is 2.20. The van der Waals surface area contributed by atoms with Crippen molar-refractivity contribution in [2.75, 3.05) is 5.32 Å². The molecule has 0 saturated heterocycles. The summed E-state index contributed by atoms with van der Waals surface area (Å²) in [5, 5.41) is 11.6. The van der Waals surface area contributed by atoms with Crippen molar-refractivity contribution in [1.29, 1.82) is 0 Å². The fraction of sp³-hybridized carbons (Fsp3) is 0.125. The fourth-order valence-corrected chi connectivity index (χ4v) is 2.00. The predicted octanol–water partition coefficient (Wildman–Crippen LogP) is 3.39. The summed E-state index contributed by atoms with van der Waals surface area (Å²) in [6.45, 7) is 3.32. The van der Waals surface area contributed by atoms with E-state index in [4.69, 9.17) is 5.11 Å². The Hall–Kier alpha value is -2.69. The average Bonchev–Trinajstić information content (AvgIpc) is 2.40. The number of carboxylic acid groups (broad SMARTS) is 1. The van der Waals surface area contributed by atoms with Crippen LogP contribution in [-0.2, 0) is 0 Å². The monoisotopic (exact) mass is 287 g/mol. The maximum Gasteiger partial charge on any atom is 0.336 e. The number of aromatic carboxylic acids is 1. The van der Waals surface area contributed by atoms with Gasteiger partial charge in [0.15, 0.2) is 0 Å². The molecule has 2 N–H and O–H groups in total. The van der Waals surface area contributed by atoms with E-state index in [1.165, 1.54) is 24.3 Å². The molecule has 0 spiro atoms. The molecule has 0 saturated carbocycles. The molecule has 108 valence electrons. The summed E-state index contributed by atoms with van der Waals surface area (Å²) < 4.78 is 13.8. The van der Waals surface area contributed by atoms with E-state index in [1.807, 2.05) is 0 Å². The van der Waals surface area contributed by atoms with Gasteiger partial charge in [0.1, 0.15) is 5.82 Å². The standard InChI is InChI=1S/C16H14FNO3/c1-9-6-7-12(13(17)8-9)15(19)18-14-5-3-4-11(10(14)2)16(20)21/h3-8H,1-2H3,(H,18,19)(H,20,21). The van der Waals surface area contributed by atoms with Gasteiger partial charge in [-0.05, 0) is 49.2 Å². The number of benzene rings is 2. The predicted molar refractivity (Wildman–Crippen MR) is 77.2 cm³/mol. The fourth-order valence-electron chi connectivity index (χ4n) is 2.00. The summed E-state index contributed by atoms with van der Waals surface area (Å²) in [5.41, 5.74) is 1.50. The Morgan fingerprint density at radius 3 is 2.43 bits per heavy atom. The van der Waals surface area contributed by atoms with Crippen LogP contribution in [0.4, 0.5) is 10.1 Å². The van der Waals surface area contributed by atoms with Crippen molar-refractivity contribution in [1.82, 2.24) is 0 Å². The van der Waals surface area contributed by atoms with E-state index in [1.54, 1.807) is 26.0 Å². The van der Waals surface area contributed by atoms with Crippen molar-refractivity contribution in [3.8, 4) is 0 Å². The molecule has 2 aromatic rings. The maximum absolute atomic E-state index is 13.8. The van der Waals surface area contributed by atoms with E-state index < -0.39 is 17.7 Å². The minimum absolute atomic E-state index is 0.0827. The van der Waals surface area contributed by atoms with Gasteiger partial charge in [0.2, 0.25) is 0 Å². The van der Waals surface area contributed by atoms with Crippen molar-refractivity contribution in [3.63, 3.8) is 0 Å². The van der Waals surface area contributed by atoms with Crippen LogP contribution in [-0.4, -0.2) is 17.0 Å². The lowest BCUT2D eigenvalue weighted by Crippen LogP contribution is -2.15. The number of nitrogens with one attached hydrogen (secondary N) is 1. The molecule has 0 heterocycles. The van der Waals surface area contributed by atoms with Crippen molar-refractivity contribution in [2.45, 2.75) is 13.8 Å². The summed E-state index contributed by atoms with van der Waals surface area (Å²) in [5.74, 6) is -2.30. The number of rotatable bonds is 3. The van der Waals surface area contributed by atoms with Crippen LogP contribution in [0.25, 0.3) is 0 Å². The summed E-state index contributed by atoms with van der Waals surface area (Å²) >= 11 is 0. The van der Waals surface area contributed by atoms with Crippen LogP contribution in [0.3, 0.4) is 0 Å². The van der Waals surface area contributed by atoms with E-state index >= 15 is 0 Å². The Labute approximate surface area is 121 Å². The molecule has 0 aromatic heterocycles. The Bertz CT molecular complexity index is 725. The van der Waals surface area contributed by atoms with E-state index in [2.05, 4.69) is 5.32 Å². The third-order valence-electron chi connectivity index (χ3n) is 3.18. The topological polar surface area (TPSA) is 66.4 Å². The number of amides is 1. The van der Waals surface area contributed by atoms with Crippen LogP contribution in [0.1, 0.15) is 31.8 Å². The minimum Gasteiger partial charge on any atom is -0.478 e. The second kappa shape index (κ2) is 5.75. The first kappa shape index (κ1) is 14.7. The highest BCUT2D eigenvalue weighted by Gasteiger charge is 2.15. The van der Waals surface area contributed by atoms with E-state index in [0.29, 0.717) is 16.8 Å².